The highest BCUT2D eigenvalue weighted by molar-refractivity contribution is 7.10. The number of morpholine rings is 1. The van der Waals surface area contributed by atoms with E-state index in [-0.39, 0.29) is 11.7 Å². The molecule has 2 heterocycles. The topological polar surface area (TPSA) is 92.9 Å². The molecule has 1 atom stereocenters. The lowest BCUT2D eigenvalue weighted by Gasteiger charge is -2.32. The zero-order valence-corrected chi connectivity index (χ0v) is 12.9. The average Bonchev–Trinajstić information content (AvgIpc) is 3.09. The third-order valence-corrected chi connectivity index (χ3v) is 4.62. The number of amides is 1. The summed E-state index contributed by atoms with van der Waals surface area (Å²) in [6.07, 6.45) is -0.214. The molecule has 0 aliphatic carbocycles. The number of carbonyl (C=O) groups excluding carboxylic acids is 1. The Morgan fingerprint density at radius 1 is 1.39 bits per heavy atom. The summed E-state index contributed by atoms with van der Waals surface area (Å²) < 4.78 is 5.68. The van der Waals surface area contributed by atoms with E-state index in [0.29, 0.717) is 19.7 Å². The molecular weight excluding hydrogens is 320 g/mol. The van der Waals surface area contributed by atoms with E-state index in [9.17, 15) is 20.0 Å². The summed E-state index contributed by atoms with van der Waals surface area (Å²) in [6, 6.07) is 7.80. The first-order chi connectivity index (χ1) is 11.1. The van der Waals surface area contributed by atoms with Gasteiger partial charge in [-0.25, -0.2) is 0 Å². The molecule has 1 aliphatic rings. The van der Waals surface area contributed by atoms with E-state index in [1.807, 2.05) is 17.5 Å². The van der Waals surface area contributed by atoms with Crippen LogP contribution in [0.2, 0.25) is 0 Å². The number of nitrogens with zero attached hydrogens (tertiary/aromatic N) is 2. The molecular formula is C15H14N2O5S. The van der Waals surface area contributed by atoms with Crippen LogP contribution < -0.4 is 0 Å². The number of hydrogen-bond donors (Lipinski definition) is 1. The summed E-state index contributed by atoms with van der Waals surface area (Å²) in [5, 5.41) is 22.8. The lowest BCUT2D eigenvalue weighted by Crippen LogP contribution is -2.42. The minimum absolute atomic E-state index is 0.0639. The van der Waals surface area contributed by atoms with Crippen LogP contribution >= 0.6 is 11.3 Å². The van der Waals surface area contributed by atoms with Gasteiger partial charge in [-0.1, -0.05) is 12.1 Å². The minimum Gasteiger partial charge on any atom is -0.502 e. The predicted molar refractivity (Wildman–Crippen MR) is 83.7 cm³/mol. The van der Waals surface area contributed by atoms with Crippen molar-refractivity contribution in [1.82, 2.24) is 4.90 Å². The maximum Gasteiger partial charge on any atom is 0.311 e. The van der Waals surface area contributed by atoms with Crippen LogP contribution in [0.5, 0.6) is 5.75 Å². The van der Waals surface area contributed by atoms with Gasteiger partial charge in [0.25, 0.3) is 5.91 Å². The summed E-state index contributed by atoms with van der Waals surface area (Å²) in [6.45, 7) is 1.11. The summed E-state index contributed by atoms with van der Waals surface area (Å²) >= 11 is 1.55. The minimum atomic E-state index is -0.708. The Balaban J connectivity index is 1.83. The third kappa shape index (κ3) is 3.03. The molecule has 1 amide bonds. The number of para-hydroxylation sites is 1. The first-order valence-corrected chi connectivity index (χ1v) is 7.86. The number of aromatic hydroxyl groups is 1. The molecule has 1 aromatic heterocycles. The van der Waals surface area contributed by atoms with Gasteiger partial charge in [0.1, 0.15) is 6.10 Å². The molecule has 1 fully saturated rings. The Morgan fingerprint density at radius 3 is 2.91 bits per heavy atom. The van der Waals surface area contributed by atoms with Gasteiger partial charge in [0.15, 0.2) is 0 Å². The van der Waals surface area contributed by atoms with Gasteiger partial charge >= 0.3 is 5.69 Å². The normalized spacial score (nSPS) is 17.9. The lowest BCUT2D eigenvalue weighted by atomic mass is 10.1. The zero-order chi connectivity index (χ0) is 16.4. The van der Waals surface area contributed by atoms with Gasteiger partial charge in [-0.3, -0.25) is 14.9 Å². The number of nitro groups is 1. The molecule has 3 rings (SSSR count). The zero-order valence-electron chi connectivity index (χ0n) is 12.0. The number of phenolic OH excluding ortho intramolecular Hbond substituents is 1. The second-order valence-electron chi connectivity index (χ2n) is 5.06. The Hall–Kier alpha value is -2.45. The Labute approximate surface area is 135 Å². The van der Waals surface area contributed by atoms with Crippen LogP contribution in [-0.4, -0.2) is 40.5 Å². The van der Waals surface area contributed by atoms with E-state index in [1.165, 1.54) is 18.2 Å². The first-order valence-electron chi connectivity index (χ1n) is 6.98. The van der Waals surface area contributed by atoms with E-state index >= 15 is 0 Å². The molecule has 1 unspecified atom stereocenters. The van der Waals surface area contributed by atoms with E-state index < -0.39 is 22.3 Å². The Kier molecular flexibility index (Phi) is 4.26. The summed E-state index contributed by atoms with van der Waals surface area (Å²) in [7, 11) is 0. The van der Waals surface area contributed by atoms with Crippen LogP contribution in [0.4, 0.5) is 5.69 Å². The number of rotatable bonds is 3. The van der Waals surface area contributed by atoms with Crippen LogP contribution in [0.1, 0.15) is 21.3 Å². The monoisotopic (exact) mass is 334 g/mol. The van der Waals surface area contributed by atoms with Crippen molar-refractivity contribution in [2.75, 3.05) is 19.7 Å². The standard InChI is InChI=1S/C15H14N2O5S/c18-14-10(3-1-4-11(14)17(20)21)15(19)16-6-7-22-12(9-16)13-5-2-8-23-13/h1-5,8,12,18H,6-7,9H2. The summed E-state index contributed by atoms with van der Waals surface area (Å²) in [4.78, 5) is 25.3. The van der Waals surface area contributed by atoms with Crippen LogP contribution in [0.3, 0.4) is 0 Å². The van der Waals surface area contributed by atoms with Gasteiger partial charge < -0.3 is 14.7 Å². The van der Waals surface area contributed by atoms with Crippen LogP contribution in [0.15, 0.2) is 35.7 Å². The smallest absolute Gasteiger partial charge is 0.311 e. The van der Waals surface area contributed by atoms with Gasteiger partial charge in [-0.05, 0) is 17.5 Å². The van der Waals surface area contributed by atoms with Crippen molar-refractivity contribution in [3.05, 3.63) is 56.3 Å². The van der Waals surface area contributed by atoms with E-state index in [4.69, 9.17) is 4.74 Å². The van der Waals surface area contributed by atoms with E-state index in [2.05, 4.69) is 0 Å². The molecule has 0 saturated carbocycles. The van der Waals surface area contributed by atoms with Crippen molar-refractivity contribution in [2.45, 2.75) is 6.10 Å². The Morgan fingerprint density at radius 2 is 2.22 bits per heavy atom. The summed E-state index contributed by atoms with van der Waals surface area (Å²) in [5.41, 5.74) is -0.537. The van der Waals surface area contributed by atoms with Crippen molar-refractivity contribution in [3.8, 4) is 5.75 Å². The highest BCUT2D eigenvalue weighted by Gasteiger charge is 2.29. The average molecular weight is 334 g/mol. The number of nitro benzene ring substituents is 1. The molecule has 1 aliphatic heterocycles. The lowest BCUT2D eigenvalue weighted by molar-refractivity contribution is -0.385. The van der Waals surface area contributed by atoms with Gasteiger partial charge in [0.2, 0.25) is 5.75 Å². The molecule has 1 aromatic carbocycles. The van der Waals surface area contributed by atoms with Crippen LogP contribution in [0.25, 0.3) is 0 Å². The fourth-order valence-electron chi connectivity index (χ4n) is 2.50. The van der Waals surface area contributed by atoms with Gasteiger partial charge in [0, 0.05) is 17.5 Å². The maximum atomic E-state index is 12.6. The van der Waals surface area contributed by atoms with Gasteiger partial charge in [0.05, 0.1) is 23.6 Å². The van der Waals surface area contributed by atoms with Crippen molar-refractivity contribution >= 4 is 22.9 Å². The quantitative estimate of drug-likeness (QED) is 0.688. The molecule has 1 N–H and O–H groups in total. The SMILES string of the molecule is O=C(c1cccc([N+](=O)[O-])c1O)N1CCOC(c2cccs2)C1. The summed E-state index contributed by atoms with van der Waals surface area (Å²) in [5.74, 6) is -1.03. The highest BCUT2D eigenvalue weighted by atomic mass is 32.1. The molecule has 0 bridgehead atoms. The molecule has 1 saturated heterocycles. The van der Waals surface area contributed by atoms with Crippen LogP contribution in [-0.2, 0) is 4.74 Å². The first kappa shape index (κ1) is 15.4. The van der Waals surface area contributed by atoms with E-state index in [0.717, 1.165) is 4.88 Å². The second kappa shape index (κ2) is 6.35. The van der Waals surface area contributed by atoms with Gasteiger partial charge in [-0.2, -0.15) is 0 Å². The number of thiophene rings is 1. The fourth-order valence-corrected chi connectivity index (χ4v) is 3.27. The van der Waals surface area contributed by atoms with Crippen LogP contribution in [0, 0.1) is 10.1 Å². The third-order valence-electron chi connectivity index (χ3n) is 3.66. The van der Waals surface area contributed by atoms with Crippen molar-refractivity contribution in [1.29, 1.82) is 0 Å². The molecule has 2 aromatic rings. The number of carbonyl (C=O) groups is 1. The maximum absolute atomic E-state index is 12.6. The second-order valence-corrected chi connectivity index (χ2v) is 6.04. The van der Waals surface area contributed by atoms with Crippen molar-refractivity contribution in [3.63, 3.8) is 0 Å². The van der Waals surface area contributed by atoms with E-state index in [1.54, 1.807) is 16.2 Å². The largest absolute Gasteiger partial charge is 0.502 e. The molecule has 0 spiro atoms. The number of hydrogen-bond acceptors (Lipinski definition) is 6. The molecule has 23 heavy (non-hydrogen) atoms. The van der Waals surface area contributed by atoms with Crippen molar-refractivity contribution in [2.24, 2.45) is 0 Å². The number of ether oxygens (including phenoxy) is 1. The molecule has 8 heteroatoms. The molecule has 0 radical (unpaired) electrons. The highest BCUT2D eigenvalue weighted by Crippen LogP contribution is 2.32. The number of phenols is 1. The van der Waals surface area contributed by atoms with Gasteiger partial charge in [-0.15, -0.1) is 11.3 Å². The van der Waals surface area contributed by atoms with Crippen molar-refractivity contribution < 1.29 is 19.6 Å². The molecule has 7 nitrogen and oxygen atoms in total. The predicted octanol–water partition coefficient (Wildman–Crippen LogP) is 2.58. The molecule has 120 valence electrons. The Bertz CT molecular complexity index is 731. The fraction of sp³-hybridized carbons (Fsp3) is 0.267. The number of benzene rings is 1.